The normalized spacial score (nSPS) is 12.1. The first-order valence-electron chi connectivity index (χ1n) is 5.03. The Labute approximate surface area is 101 Å². The first-order chi connectivity index (χ1) is 7.74. The molecule has 0 atom stereocenters. The van der Waals surface area contributed by atoms with Crippen molar-refractivity contribution >= 4 is 10.0 Å². The van der Waals surface area contributed by atoms with Crippen molar-refractivity contribution in [2.24, 2.45) is 5.73 Å². The molecule has 1 aromatic carbocycles. The van der Waals surface area contributed by atoms with E-state index in [2.05, 4.69) is 4.72 Å². The third-order valence-corrected chi connectivity index (χ3v) is 3.43. The van der Waals surface area contributed by atoms with E-state index in [0.29, 0.717) is 5.56 Å². The summed E-state index contributed by atoms with van der Waals surface area (Å²) < 4.78 is 26.1. The molecule has 1 rings (SSSR count). The summed E-state index contributed by atoms with van der Waals surface area (Å²) >= 11 is 0. The molecule has 0 saturated carbocycles. The van der Waals surface area contributed by atoms with Gasteiger partial charge in [0, 0.05) is 12.1 Å². The first-order valence-corrected chi connectivity index (χ1v) is 6.52. The minimum absolute atomic E-state index is 0.126. The average Bonchev–Trinajstić information content (AvgIpc) is 2.26. The lowest BCUT2D eigenvalue weighted by molar-refractivity contribution is 0.498. The summed E-state index contributed by atoms with van der Waals surface area (Å²) in [7, 11) is -3.56. The number of nitrogens with zero attached hydrogens (tertiary/aromatic N) is 1. The number of sulfonamides is 1. The van der Waals surface area contributed by atoms with Crippen LogP contribution < -0.4 is 10.5 Å². The largest absolute Gasteiger partial charge is 0.324 e. The Bertz CT molecular complexity index is 521. The summed E-state index contributed by atoms with van der Waals surface area (Å²) in [6.07, 6.45) is 0. The van der Waals surface area contributed by atoms with E-state index in [1.807, 2.05) is 6.07 Å². The summed E-state index contributed by atoms with van der Waals surface area (Å²) in [4.78, 5) is 0.126. The van der Waals surface area contributed by atoms with Gasteiger partial charge in [-0.1, -0.05) is 0 Å². The Morgan fingerprint density at radius 1 is 1.35 bits per heavy atom. The predicted octanol–water partition coefficient (Wildman–Crippen LogP) is 0.574. The van der Waals surface area contributed by atoms with Crippen LogP contribution in [0.15, 0.2) is 29.2 Å². The summed E-state index contributed by atoms with van der Waals surface area (Å²) in [6, 6.07) is 7.63. The molecule has 17 heavy (non-hydrogen) atoms. The molecule has 0 aromatic heterocycles. The maximum Gasteiger partial charge on any atom is 0.240 e. The Balaban J connectivity index is 2.87. The molecule has 0 radical (unpaired) electrons. The average molecular weight is 253 g/mol. The Morgan fingerprint density at radius 3 is 2.29 bits per heavy atom. The van der Waals surface area contributed by atoms with Crippen LogP contribution in [0.3, 0.4) is 0 Å². The van der Waals surface area contributed by atoms with Crippen LogP contribution >= 0.6 is 0 Å². The monoisotopic (exact) mass is 253 g/mol. The molecule has 5 nitrogen and oxygen atoms in total. The quantitative estimate of drug-likeness (QED) is 0.820. The van der Waals surface area contributed by atoms with Crippen molar-refractivity contribution in [2.75, 3.05) is 6.54 Å². The maximum atomic E-state index is 11.8. The van der Waals surface area contributed by atoms with Crippen LogP contribution in [0.5, 0.6) is 0 Å². The smallest absolute Gasteiger partial charge is 0.240 e. The fraction of sp³-hybridized carbons (Fsp3) is 0.364. The van der Waals surface area contributed by atoms with Crippen LogP contribution in [-0.2, 0) is 10.0 Å². The predicted molar refractivity (Wildman–Crippen MR) is 64.6 cm³/mol. The van der Waals surface area contributed by atoms with E-state index < -0.39 is 15.6 Å². The van der Waals surface area contributed by atoms with Gasteiger partial charge in [0.15, 0.2) is 0 Å². The number of hydrogen-bond acceptors (Lipinski definition) is 4. The number of rotatable bonds is 4. The molecule has 0 bridgehead atoms. The first kappa shape index (κ1) is 13.6. The molecule has 0 aliphatic carbocycles. The summed E-state index contributed by atoms with van der Waals surface area (Å²) in [6.45, 7) is 3.61. The number of benzene rings is 1. The molecule has 0 aliphatic rings. The van der Waals surface area contributed by atoms with Crippen LogP contribution in [-0.4, -0.2) is 20.5 Å². The highest BCUT2D eigenvalue weighted by Crippen LogP contribution is 2.10. The molecule has 1 aromatic rings. The van der Waals surface area contributed by atoms with Crippen molar-refractivity contribution in [2.45, 2.75) is 24.3 Å². The molecule has 0 fully saturated rings. The highest BCUT2D eigenvalue weighted by atomic mass is 32.2. The van der Waals surface area contributed by atoms with Gasteiger partial charge in [0.2, 0.25) is 10.0 Å². The molecular weight excluding hydrogens is 238 g/mol. The topological polar surface area (TPSA) is 96.0 Å². The second-order valence-corrected chi connectivity index (χ2v) is 6.22. The summed E-state index contributed by atoms with van der Waals surface area (Å²) in [5, 5.41) is 8.61. The SMILES string of the molecule is CC(C)(N)CNS(=O)(=O)c1ccc(C#N)cc1. The van der Waals surface area contributed by atoms with E-state index in [4.69, 9.17) is 11.0 Å². The van der Waals surface area contributed by atoms with Gasteiger partial charge in [-0.15, -0.1) is 0 Å². The van der Waals surface area contributed by atoms with Gasteiger partial charge in [-0.25, -0.2) is 13.1 Å². The minimum Gasteiger partial charge on any atom is -0.324 e. The second kappa shape index (κ2) is 4.84. The molecule has 0 amide bonds. The second-order valence-electron chi connectivity index (χ2n) is 4.45. The van der Waals surface area contributed by atoms with Crippen molar-refractivity contribution < 1.29 is 8.42 Å². The maximum absolute atomic E-state index is 11.8. The third kappa shape index (κ3) is 4.15. The highest BCUT2D eigenvalue weighted by Gasteiger charge is 2.18. The van der Waals surface area contributed by atoms with Crippen molar-refractivity contribution in [3.8, 4) is 6.07 Å². The van der Waals surface area contributed by atoms with Gasteiger partial charge in [-0.3, -0.25) is 0 Å². The number of nitrogens with two attached hydrogens (primary N) is 1. The Kier molecular flexibility index (Phi) is 3.88. The van der Waals surface area contributed by atoms with Gasteiger partial charge in [0.25, 0.3) is 0 Å². The molecular formula is C11H15N3O2S. The van der Waals surface area contributed by atoms with Gasteiger partial charge in [0.1, 0.15) is 0 Å². The number of hydrogen-bond donors (Lipinski definition) is 2. The van der Waals surface area contributed by atoms with E-state index in [9.17, 15) is 8.42 Å². The molecule has 0 aliphatic heterocycles. The van der Waals surface area contributed by atoms with E-state index in [0.717, 1.165) is 0 Å². The zero-order valence-electron chi connectivity index (χ0n) is 9.77. The lowest BCUT2D eigenvalue weighted by Gasteiger charge is -2.18. The molecule has 0 unspecified atom stereocenters. The summed E-state index contributed by atoms with van der Waals surface area (Å²) in [5.74, 6) is 0. The van der Waals surface area contributed by atoms with Crippen LogP contribution in [0.4, 0.5) is 0 Å². The highest BCUT2D eigenvalue weighted by molar-refractivity contribution is 7.89. The van der Waals surface area contributed by atoms with Crippen LogP contribution in [0.25, 0.3) is 0 Å². The molecule has 92 valence electrons. The molecule has 6 heteroatoms. The summed E-state index contributed by atoms with van der Waals surface area (Å²) in [5.41, 5.74) is 5.50. The Hall–Kier alpha value is -1.42. The van der Waals surface area contributed by atoms with Crippen molar-refractivity contribution in [3.63, 3.8) is 0 Å². The standard InChI is InChI=1S/C11H15N3O2S/c1-11(2,13)8-14-17(15,16)10-5-3-9(7-12)4-6-10/h3-6,14H,8,13H2,1-2H3. The number of nitrogens with one attached hydrogen (secondary N) is 1. The van der Waals surface area contributed by atoms with Crippen molar-refractivity contribution in [3.05, 3.63) is 29.8 Å². The Morgan fingerprint density at radius 2 is 1.88 bits per heavy atom. The molecule has 0 saturated heterocycles. The van der Waals surface area contributed by atoms with Crippen LogP contribution in [0.1, 0.15) is 19.4 Å². The van der Waals surface area contributed by atoms with Gasteiger partial charge >= 0.3 is 0 Å². The minimum atomic E-state index is -3.56. The van der Waals surface area contributed by atoms with Gasteiger partial charge in [-0.2, -0.15) is 5.26 Å². The van der Waals surface area contributed by atoms with Crippen LogP contribution in [0, 0.1) is 11.3 Å². The van der Waals surface area contributed by atoms with E-state index in [1.165, 1.54) is 24.3 Å². The van der Waals surface area contributed by atoms with E-state index in [1.54, 1.807) is 13.8 Å². The zero-order valence-corrected chi connectivity index (χ0v) is 10.6. The van der Waals surface area contributed by atoms with Gasteiger partial charge < -0.3 is 5.73 Å². The third-order valence-electron chi connectivity index (χ3n) is 2.01. The van der Waals surface area contributed by atoms with E-state index >= 15 is 0 Å². The molecule has 0 spiro atoms. The van der Waals surface area contributed by atoms with Crippen LogP contribution in [0.2, 0.25) is 0 Å². The van der Waals surface area contributed by atoms with Gasteiger partial charge in [-0.05, 0) is 38.1 Å². The van der Waals surface area contributed by atoms with Crippen molar-refractivity contribution in [1.29, 1.82) is 5.26 Å². The fourth-order valence-electron chi connectivity index (χ4n) is 1.07. The van der Waals surface area contributed by atoms with Gasteiger partial charge in [0.05, 0.1) is 16.5 Å². The zero-order chi connectivity index (χ0) is 13.1. The lowest BCUT2D eigenvalue weighted by Crippen LogP contribution is -2.45. The fourth-order valence-corrected chi connectivity index (χ4v) is 2.30. The van der Waals surface area contributed by atoms with E-state index in [-0.39, 0.29) is 11.4 Å². The lowest BCUT2D eigenvalue weighted by atomic mass is 10.1. The molecule has 0 heterocycles. The van der Waals surface area contributed by atoms with Crippen molar-refractivity contribution in [1.82, 2.24) is 4.72 Å². The number of nitriles is 1. The molecule has 3 N–H and O–H groups in total.